The number of amides is 1. The minimum absolute atomic E-state index is 0.0529. The Hall–Kier alpha value is -2.80. The van der Waals surface area contributed by atoms with Crippen molar-refractivity contribution in [2.45, 2.75) is 18.0 Å². The van der Waals surface area contributed by atoms with Gasteiger partial charge in [0.2, 0.25) is 12.7 Å². The highest BCUT2D eigenvalue weighted by molar-refractivity contribution is 8.00. The second kappa shape index (κ2) is 7.21. The first-order chi connectivity index (χ1) is 12.7. The van der Waals surface area contributed by atoms with E-state index >= 15 is 0 Å². The lowest BCUT2D eigenvalue weighted by Gasteiger charge is -2.14. The lowest BCUT2D eigenvalue weighted by atomic mass is 10.1. The van der Waals surface area contributed by atoms with Gasteiger partial charge in [0.1, 0.15) is 11.4 Å². The standard InChI is InChI=1S/C19H17N3O3S/c1-12(13-6-7-16-17(8-13)25-11-24-16)22-18(23)9-26-19-14-4-2-3-5-15(14)20-10-21-19/h2-8,10,12H,9,11H2,1H3,(H,22,23)/t12-/m0/s1. The van der Waals surface area contributed by atoms with Crippen LogP contribution in [0.2, 0.25) is 0 Å². The van der Waals surface area contributed by atoms with E-state index in [0.717, 1.165) is 27.2 Å². The molecule has 2 aromatic carbocycles. The molecule has 0 aliphatic carbocycles. The van der Waals surface area contributed by atoms with E-state index < -0.39 is 0 Å². The molecule has 3 aromatic rings. The molecule has 0 radical (unpaired) electrons. The summed E-state index contributed by atoms with van der Waals surface area (Å²) >= 11 is 1.41. The summed E-state index contributed by atoms with van der Waals surface area (Å²) in [5.74, 6) is 1.68. The molecule has 1 atom stereocenters. The number of carbonyl (C=O) groups excluding carboxylic acids is 1. The lowest BCUT2D eigenvalue weighted by Crippen LogP contribution is -2.28. The Labute approximate surface area is 154 Å². The Morgan fingerprint density at radius 2 is 2.04 bits per heavy atom. The van der Waals surface area contributed by atoms with E-state index in [1.165, 1.54) is 18.1 Å². The van der Waals surface area contributed by atoms with E-state index in [0.29, 0.717) is 5.75 Å². The molecule has 4 rings (SSSR count). The van der Waals surface area contributed by atoms with Gasteiger partial charge in [0.15, 0.2) is 11.5 Å². The summed E-state index contributed by atoms with van der Waals surface area (Å²) in [6.07, 6.45) is 1.53. The molecule has 1 aliphatic rings. The Balaban J connectivity index is 1.39. The van der Waals surface area contributed by atoms with Crippen LogP contribution in [0.3, 0.4) is 0 Å². The second-order valence-electron chi connectivity index (χ2n) is 5.89. The number of hydrogen-bond donors (Lipinski definition) is 1. The highest BCUT2D eigenvalue weighted by atomic mass is 32.2. The van der Waals surface area contributed by atoms with Gasteiger partial charge in [-0.2, -0.15) is 0 Å². The molecule has 6 nitrogen and oxygen atoms in total. The molecule has 7 heteroatoms. The molecule has 0 unspecified atom stereocenters. The summed E-state index contributed by atoms with van der Waals surface area (Å²) in [7, 11) is 0. The van der Waals surface area contributed by atoms with Crippen molar-refractivity contribution in [2.24, 2.45) is 0 Å². The number of benzene rings is 2. The van der Waals surface area contributed by atoms with Crippen LogP contribution in [0.4, 0.5) is 0 Å². The molecule has 1 N–H and O–H groups in total. The van der Waals surface area contributed by atoms with Gasteiger partial charge in [-0.1, -0.05) is 36.0 Å². The number of fused-ring (bicyclic) bond motifs is 2. The molecule has 0 bridgehead atoms. The van der Waals surface area contributed by atoms with Crippen molar-refractivity contribution in [2.75, 3.05) is 12.5 Å². The van der Waals surface area contributed by atoms with Crippen LogP contribution in [0.25, 0.3) is 10.9 Å². The van der Waals surface area contributed by atoms with Gasteiger partial charge in [0, 0.05) is 5.39 Å². The van der Waals surface area contributed by atoms with Gasteiger partial charge in [-0.05, 0) is 30.7 Å². The number of thioether (sulfide) groups is 1. The summed E-state index contributed by atoms with van der Waals surface area (Å²) in [6.45, 7) is 2.18. The third kappa shape index (κ3) is 3.43. The molecule has 1 aromatic heterocycles. The number of carbonyl (C=O) groups is 1. The zero-order valence-corrected chi connectivity index (χ0v) is 15.0. The van der Waals surface area contributed by atoms with Crippen LogP contribution in [0.15, 0.2) is 53.8 Å². The molecule has 0 saturated carbocycles. The van der Waals surface area contributed by atoms with Crippen LogP contribution in [0.5, 0.6) is 11.5 Å². The summed E-state index contributed by atoms with van der Waals surface area (Å²) in [6, 6.07) is 13.3. The van der Waals surface area contributed by atoms with E-state index in [1.807, 2.05) is 49.4 Å². The Bertz CT molecular complexity index is 958. The first kappa shape index (κ1) is 16.7. The van der Waals surface area contributed by atoms with Crippen molar-refractivity contribution in [1.82, 2.24) is 15.3 Å². The number of nitrogens with zero attached hydrogens (tertiary/aromatic N) is 2. The summed E-state index contributed by atoms with van der Waals surface area (Å²) in [4.78, 5) is 20.9. The normalized spacial score (nSPS) is 13.6. The van der Waals surface area contributed by atoms with E-state index in [1.54, 1.807) is 0 Å². The molecule has 1 amide bonds. The van der Waals surface area contributed by atoms with Crippen LogP contribution in [0.1, 0.15) is 18.5 Å². The topological polar surface area (TPSA) is 73.3 Å². The maximum Gasteiger partial charge on any atom is 0.231 e. The number of para-hydroxylation sites is 1. The van der Waals surface area contributed by atoms with Crippen molar-refractivity contribution in [3.05, 3.63) is 54.4 Å². The minimum Gasteiger partial charge on any atom is -0.454 e. The molecule has 2 heterocycles. The Kier molecular flexibility index (Phi) is 4.62. The Morgan fingerprint density at radius 3 is 2.96 bits per heavy atom. The van der Waals surface area contributed by atoms with Crippen LogP contribution >= 0.6 is 11.8 Å². The number of aromatic nitrogens is 2. The Morgan fingerprint density at radius 1 is 1.19 bits per heavy atom. The van der Waals surface area contributed by atoms with Crippen molar-refractivity contribution < 1.29 is 14.3 Å². The monoisotopic (exact) mass is 367 g/mol. The predicted molar refractivity (Wildman–Crippen MR) is 99.4 cm³/mol. The lowest BCUT2D eigenvalue weighted by molar-refractivity contribution is -0.119. The third-order valence-electron chi connectivity index (χ3n) is 4.12. The van der Waals surface area contributed by atoms with E-state index in [-0.39, 0.29) is 24.5 Å². The fourth-order valence-electron chi connectivity index (χ4n) is 2.78. The maximum absolute atomic E-state index is 12.3. The molecular weight excluding hydrogens is 350 g/mol. The molecule has 26 heavy (non-hydrogen) atoms. The van der Waals surface area contributed by atoms with Gasteiger partial charge in [-0.15, -0.1) is 0 Å². The zero-order chi connectivity index (χ0) is 17.9. The predicted octanol–water partition coefficient (Wildman–Crippen LogP) is 3.33. The van der Waals surface area contributed by atoms with Gasteiger partial charge in [-0.25, -0.2) is 9.97 Å². The van der Waals surface area contributed by atoms with Gasteiger partial charge in [-0.3, -0.25) is 4.79 Å². The highest BCUT2D eigenvalue weighted by Gasteiger charge is 2.17. The average molecular weight is 367 g/mol. The van der Waals surface area contributed by atoms with Gasteiger partial charge in [0.05, 0.1) is 17.3 Å². The van der Waals surface area contributed by atoms with E-state index in [9.17, 15) is 4.79 Å². The average Bonchev–Trinajstić information content (AvgIpc) is 3.14. The molecule has 132 valence electrons. The SMILES string of the molecule is C[C@H](NC(=O)CSc1ncnc2ccccc12)c1ccc2c(c1)OCO2. The van der Waals surface area contributed by atoms with Crippen molar-refractivity contribution in [3.63, 3.8) is 0 Å². The first-order valence-corrected chi connectivity index (χ1v) is 9.21. The highest BCUT2D eigenvalue weighted by Crippen LogP contribution is 2.34. The number of rotatable bonds is 5. The first-order valence-electron chi connectivity index (χ1n) is 8.22. The molecule has 0 saturated heterocycles. The molecule has 1 aliphatic heterocycles. The fraction of sp³-hybridized carbons (Fsp3) is 0.211. The van der Waals surface area contributed by atoms with Crippen molar-refractivity contribution >= 4 is 28.6 Å². The molecular formula is C19H17N3O3S. The van der Waals surface area contributed by atoms with E-state index in [4.69, 9.17) is 9.47 Å². The minimum atomic E-state index is -0.125. The number of hydrogen-bond acceptors (Lipinski definition) is 6. The smallest absolute Gasteiger partial charge is 0.231 e. The van der Waals surface area contributed by atoms with Crippen molar-refractivity contribution in [3.8, 4) is 11.5 Å². The number of nitrogens with one attached hydrogen (secondary N) is 1. The summed E-state index contributed by atoms with van der Waals surface area (Å²) < 4.78 is 10.7. The van der Waals surface area contributed by atoms with Crippen LogP contribution in [0, 0.1) is 0 Å². The summed E-state index contributed by atoms with van der Waals surface area (Å²) in [5, 5.41) is 4.77. The van der Waals surface area contributed by atoms with E-state index in [2.05, 4.69) is 15.3 Å². The van der Waals surface area contributed by atoms with Crippen LogP contribution < -0.4 is 14.8 Å². The fourth-order valence-corrected chi connectivity index (χ4v) is 3.58. The quantitative estimate of drug-likeness (QED) is 0.551. The molecule has 0 fully saturated rings. The van der Waals surface area contributed by atoms with Crippen LogP contribution in [-0.2, 0) is 4.79 Å². The number of ether oxygens (including phenoxy) is 2. The summed E-state index contributed by atoms with van der Waals surface area (Å²) in [5.41, 5.74) is 1.85. The zero-order valence-electron chi connectivity index (χ0n) is 14.1. The maximum atomic E-state index is 12.3. The third-order valence-corrected chi connectivity index (χ3v) is 5.13. The van der Waals surface area contributed by atoms with Gasteiger partial charge in [0.25, 0.3) is 0 Å². The van der Waals surface area contributed by atoms with Crippen molar-refractivity contribution in [1.29, 1.82) is 0 Å². The van der Waals surface area contributed by atoms with Gasteiger partial charge < -0.3 is 14.8 Å². The van der Waals surface area contributed by atoms with Gasteiger partial charge >= 0.3 is 0 Å². The second-order valence-corrected chi connectivity index (χ2v) is 6.85. The van der Waals surface area contributed by atoms with Crippen LogP contribution in [-0.4, -0.2) is 28.4 Å². The molecule has 0 spiro atoms. The largest absolute Gasteiger partial charge is 0.454 e.